The summed E-state index contributed by atoms with van der Waals surface area (Å²) in [4.78, 5) is 24.3. The van der Waals surface area contributed by atoms with Crippen LogP contribution in [0.4, 0.5) is 0 Å². The first-order chi connectivity index (χ1) is 14.9. The first-order valence-electron chi connectivity index (χ1n) is 9.60. The molecule has 3 aromatic carbocycles. The van der Waals surface area contributed by atoms with E-state index in [0.29, 0.717) is 0 Å². The number of aliphatic carboxylic acids is 1. The van der Waals surface area contributed by atoms with Crippen molar-refractivity contribution in [3.8, 4) is 17.2 Å². The van der Waals surface area contributed by atoms with Gasteiger partial charge in [-0.05, 0) is 22.8 Å². The van der Waals surface area contributed by atoms with Gasteiger partial charge in [0.1, 0.15) is 6.61 Å². The first-order valence-corrected chi connectivity index (χ1v) is 9.60. The highest BCUT2D eigenvalue weighted by atomic mass is 16.5. The fourth-order valence-electron chi connectivity index (χ4n) is 3.29. The van der Waals surface area contributed by atoms with E-state index in [1.54, 1.807) is 0 Å². The van der Waals surface area contributed by atoms with Crippen molar-refractivity contribution in [2.24, 2.45) is 5.92 Å². The lowest BCUT2D eigenvalue weighted by molar-refractivity contribution is -0.158. The number of carboxylic acids is 1. The number of ether oxygens (including phenoxy) is 1. The van der Waals surface area contributed by atoms with Crippen LogP contribution in [0.3, 0.4) is 0 Å². The number of rotatable bonds is 8. The third-order valence-corrected chi connectivity index (χ3v) is 5.02. The molecule has 0 heterocycles. The van der Waals surface area contributed by atoms with Crippen LogP contribution in [0.1, 0.15) is 22.6 Å². The maximum absolute atomic E-state index is 12.6. The van der Waals surface area contributed by atoms with Crippen LogP contribution in [0.25, 0.3) is 0 Å². The molecular weight excluding hydrogens is 400 g/mol. The number of carbonyl (C=O) groups excluding carboxylic acids is 1. The van der Waals surface area contributed by atoms with E-state index in [2.05, 4.69) is 0 Å². The number of hydrogen-bond donors (Lipinski definition) is 4. The van der Waals surface area contributed by atoms with Crippen LogP contribution in [0.15, 0.2) is 72.8 Å². The minimum absolute atomic E-state index is 0.00215. The summed E-state index contributed by atoms with van der Waals surface area (Å²) in [5.41, 5.74) is 1.83. The van der Waals surface area contributed by atoms with Crippen molar-refractivity contribution in [2.45, 2.75) is 12.3 Å². The number of carboxylic acid groups (broad SMARTS) is 1. The Balaban J connectivity index is 1.78. The largest absolute Gasteiger partial charge is 0.504 e. The third-order valence-electron chi connectivity index (χ3n) is 5.02. The van der Waals surface area contributed by atoms with E-state index in [0.717, 1.165) is 17.2 Å². The van der Waals surface area contributed by atoms with Gasteiger partial charge in [-0.15, -0.1) is 0 Å². The van der Waals surface area contributed by atoms with Gasteiger partial charge in [-0.2, -0.15) is 0 Å². The highest BCUT2D eigenvalue weighted by molar-refractivity contribution is 5.94. The molecule has 0 aliphatic heterocycles. The zero-order valence-corrected chi connectivity index (χ0v) is 16.5. The molecule has 0 aliphatic rings. The molecule has 3 aromatic rings. The molecule has 1 atom stereocenters. The quantitative estimate of drug-likeness (QED) is 0.249. The summed E-state index contributed by atoms with van der Waals surface area (Å²) in [7, 11) is 0. The van der Waals surface area contributed by atoms with Gasteiger partial charge in [-0.1, -0.05) is 66.7 Å². The van der Waals surface area contributed by atoms with Gasteiger partial charge >= 0.3 is 11.9 Å². The smallest absolute Gasteiger partial charge is 0.320 e. The normalized spacial score (nSPS) is 11.8. The molecule has 0 amide bonds. The van der Waals surface area contributed by atoms with Gasteiger partial charge in [0.2, 0.25) is 5.75 Å². The second kappa shape index (κ2) is 9.67. The van der Waals surface area contributed by atoms with Crippen LogP contribution in [-0.2, 0) is 20.7 Å². The number of benzene rings is 3. The van der Waals surface area contributed by atoms with Gasteiger partial charge in [0.25, 0.3) is 0 Å². The number of carbonyl (C=O) groups is 2. The maximum atomic E-state index is 12.6. The highest BCUT2D eigenvalue weighted by Gasteiger charge is 2.31. The van der Waals surface area contributed by atoms with E-state index in [-0.39, 0.29) is 18.1 Å². The van der Waals surface area contributed by atoms with Crippen LogP contribution >= 0.6 is 0 Å². The summed E-state index contributed by atoms with van der Waals surface area (Å²) in [6.07, 6.45) is -0.408. The Morgan fingerprint density at radius 3 is 1.84 bits per heavy atom. The number of phenols is 3. The molecule has 0 spiro atoms. The van der Waals surface area contributed by atoms with Crippen molar-refractivity contribution < 1.29 is 34.8 Å². The lowest BCUT2D eigenvalue weighted by Gasteiger charge is -2.20. The average molecular weight is 422 g/mol. The van der Waals surface area contributed by atoms with Gasteiger partial charge in [0.05, 0.1) is 0 Å². The average Bonchev–Trinajstić information content (AvgIpc) is 2.78. The minimum Gasteiger partial charge on any atom is -0.504 e. The summed E-state index contributed by atoms with van der Waals surface area (Å²) in [6.45, 7) is -0.0660. The van der Waals surface area contributed by atoms with E-state index >= 15 is 0 Å². The predicted octanol–water partition coefficient (Wildman–Crippen LogP) is 3.42. The van der Waals surface area contributed by atoms with Gasteiger partial charge in [-0.3, -0.25) is 9.59 Å². The Bertz CT molecular complexity index is 1010. The van der Waals surface area contributed by atoms with E-state index in [1.807, 2.05) is 60.7 Å². The Morgan fingerprint density at radius 1 is 0.774 bits per heavy atom. The Morgan fingerprint density at radius 2 is 1.32 bits per heavy atom. The van der Waals surface area contributed by atoms with Crippen LogP contribution < -0.4 is 0 Å². The number of esters is 1. The van der Waals surface area contributed by atoms with E-state index in [4.69, 9.17) is 4.74 Å². The molecule has 7 nitrogen and oxygen atoms in total. The molecule has 0 aliphatic carbocycles. The molecule has 0 radical (unpaired) electrons. The summed E-state index contributed by atoms with van der Waals surface area (Å²) < 4.78 is 5.39. The summed E-state index contributed by atoms with van der Waals surface area (Å²) >= 11 is 0. The minimum atomic E-state index is -1.60. The van der Waals surface area contributed by atoms with Crippen molar-refractivity contribution in [3.05, 3.63) is 89.5 Å². The Kier molecular flexibility index (Phi) is 6.77. The van der Waals surface area contributed by atoms with E-state index < -0.39 is 41.5 Å². The van der Waals surface area contributed by atoms with Gasteiger partial charge in [0, 0.05) is 12.3 Å². The number of aromatic hydroxyl groups is 3. The molecule has 4 N–H and O–H groups in total. The summed E-state index contributed by atoms with van der Waals surface area (Å²) in [6, 6.07) is 21.2. The molecule has 7 heteroatoms. The van der Waals surface area contributed by atoms with Crippen LogP contribution in [0.5, 0.6) is 17.2 Å². The second-order valence-corrected chi connectivity index (χ2v) is 7.04. The van der Waals surface area contributed by atoms with E-state index in [9.17, 15) is 30.0 Å². The lowest BCUT2D eigenvalue weighted by Crippen LogP contribution is -2.29. The fourth-order valence-corrected chi connectivity index (χ4v) is 3.29. The third kappa shape index (κ3) is 5.14. The predicted molar refractivity (Wildman–Crippen MR) is 112 cm³/mol. The molecule has 0 bridgehead atoms. The zero-order chi connectivity index (χ0) is 22.4. The monoisotopic (exact) mass is 422 g/mol. The summed E-state index contributed by atoms with van der Waals surface area (Å²) in [5, 5.41) is 38.5. The molecule has 1 unspecified atom stereocenters. The SMILES string of the molecule is O=C(O)C(Cc1ccc(O)c(O)c1O)C(=O)OCC(c1ccccc1)c1ccccc1. The fraction of sp³-hybridized carbons (Fsp3) is 0.167. The maximum Gasteiger partial charge on any atom is 0.320 e. The van der Waals surface area contributed by atoms with E-state index in [1.165, 1.54) is 6.07 Å². The van der Waals surface area contributed by atoms with Crippen molar-refractivity contribution in [1.29, 1.82) is 0 Å². The zero-order valence-electron chi connectivity index (χ0n) is 16.5. The summed E-state index contributed by atoms with van der Waals surface area (Å²) in [5.74, 6) is -6.27. The Labute approximate surface area is 178 Å². The molecule has 3 rings (SSSR count). The van der Waals surface area contributed by atoms with Gasteiger partial charge in [0.15, 0.2) is 17.4 Å². The van der Waals surface area contributed by atoms with Crippen molar-refractivity contribution in [1.82, 2.24) is 0 Å². The first kappa shape index (κ1) is 21.7. The number of hydrogen-bond acceptors (Lipinski definition) is 6. The van der Waals surface area contributed by atoms with Gasteiger partial charge in [-0.25, -0.2) is 0 Å². The molecule has 0 saturated carbocycles. The van der Waals surface area contributed by atoms with Crippen LogP contribution in [0.2, 0.25) is 0 Å². The molecular formula is C24H22O7. The molecule has 31 heavy (non-hydrogen) atoms. The van der Waals surface area contributed by atoms with Crippen LogP contribution in [0, 0.1) is 5.92 Å². The molecule has 0 saturated heterocycles. The topological polar surface area (TPSA) is 124 Å². The van der Waals surface area contributed by atoms with Crippen molar-refractivity contribution in [3.63, 3.8) is 0 Å². The van der Waals surface area contributed by atoms with Crippen molar-refractivity contribution in [2.75, 3.05) is 6.61 Å². The Hall–Kier alpha value is -4.00. The number of phenolic OH excluding ortho intramolecular Hbond substituents is 3. The molecule has 0 fully saturated rings. The van der Waals surface area contributed by atoms with Crippen molar-refractivity contribution >= 4 is 11.9 Å². The standard InChI is InChI=1S/C24H22O7/c25-20-12-11-17(21(26)22(20)27)13-18(23(28)29)24(30)31-14-19(15-7-3-1-4-8-15)16-9-5-2-6-10-16/h1-12,18-19,25-27H,13-14H2,(H,28,29). The lowest BCUT2D eigenvalue weighted by atomic mass is 9.92. The van der Waals surface area contributed by atoms with Gasteiger partial charge < -0.3 is 25.2 Å². The highest BCUT2D eigenvalue weighted by Crippen LogP contribution is 2.38. The molecule has 160 valence electrons. The van der Waals surface area contributed by atoms with Crippen LogP contribution in [-0.4, -0.2) is 39.0 Å². The second-order valence-electron chi connectivity index (χ2n) is 7.04. The molecule has 0 aromatic heterocycles.